The number of amides is 1. The van der Waals surface area contributed by atoms with Crippen LogP contribution in [0, 0.1) is 0 Å². The predicted octanol–water partition coefficient (Wildman–Crippen LogP) is 2.84. The molecule has 7 nitrogen and oxygen atoms in total. The molecule has 3 heterocycles. The van der Waals surface area contributed by atoms with Gasteiger partial charge in [-0.1, -0.05) is 36.9 Å². The number of fused-ring (bicyclic) bond motifs is 1. The van der Waals surface area contributed by atoms with E-state index >= 15 is 0 Å². The van der Waals surface area contributed by atoms with Crippen molar-refractivity contribution in [3.63, 3.8) is 0 Å². The molecule has 2 aliphatic rings. The van der Waals surface area contributed by atoms with Crippen LogP contribution in [0.3, 0.4) is 0 Å². The number of aryl methyl sites for hydroxylation is 1. The fraction of sp³-hybridized carbons (Fsp3) is 0.389. The number of likely N-dealkylation sites (tertiary alicyclic amines) is 1. The molecule has 0 aliphatic carbocycles. The van der Waals surface area contributed by atoms with Gasteiger partial charge in [0.2, 0.25) is 0 Å². The van der Waals surface area contributed by atoms with Gasteiger partial charge in [0.25, 0.3) is 5.56 Å². The summed E-state index contributed by atoms with van der Waals surface area (Å²) < 4.78 is 5.49. The number of carbonyl (C=O) groups excluding carboxylic acids is 1. The first-order valence-electron chi connectivity index (χ1n) is 8.75. The van der Waals surface area contributed by atoms with Gasteiger partial charge in [-0.05, 0) is 25.0 Å². The van der Waals surface area contributed by atoms with Crippen LogP contribution in [0.25, 0.3) is 0 Å². The van der Waals surface area contributed by atoms with Crippen LogP contribution < -0.4 is 15.6 Å². The van der Waals surface area contributed by atoms with Crippen molar-refractivity contribution in [2.45, 2.75) is 42.6 Å². The molecule has 0 saturated carbocycles. The highest BCUT2D eigenvalue weighted by Gasteiger charge is 2.40. The Balaban J connectivity index is 1.50. The third-order valence-electron chi connectivity index (χ3n) is 4.63. The average molecular weight is 372 g/mol. The van der Waals surface area contributed by atoms with Crippen molar-refractivity contribution in [3.05, 3.63) is 46.5 Å². The second-order valence-electron chi connectivity index (χ2n) is 6.31. The van der Waals surface area contributed by atoms with Crippen molar-refractivity contribution in [3.8, 4) is 5.75 Å². The van der Waals surface area contributed by atoms with Crippen molar-refractivity contribution >= 4 is 23.5 Å². The second kappa shape index (κ2) is 7.03. The van der Waals surface area contributed by atoms with Crippen LogP contribution in [0.5, 0.6) is 5.75 Å². The first-order valence-corrected chi connectivity index (χ1v) is 9.63. The first kappa shape index (κ1) is 17.0. The molecule has 2 atom stereocenters. The molecule has 0 bridgehead atoms. The number of aromatic amines is 1. The van der Waals surface area contributed by atoms with Gasteiger partial charge < -0.3 is 19.9 Å². The van der Waals surface area contributed by atoms with Gasteiger partial charge in [0, 0.05) is 13.0 Å². The van der Waals surface area contributed by atoms with E-state index in [1.807, 2.05) is 25.1 Å². The number of anilines is 1. The van der Waals surface area contributed by atoms with Crippen LogP contribution in [0.2, 0.25) is 0 Å². The molecule has 1 fully saturated rings. The quantitative estimate of drug-likeness (QED) is 0.806. The summed E-state index contributed by atoms with van der Waals surface area (Å²) in [6.45, 7) is 2.60. The predicted molar refractivity (Wildman–Crippen MR) is 99.7 cm³/mol. The van der Waals surface area contributed by atoms with Crippen molar-refractivity contribution in [1.82, 2.24) is 14.9 Å². The summed E-state index contributed by atoms with van der Waals surface area (Å²) in [6, 6.07) is 9.02. The van der Waals surface area contributed by atoms with Gasteiger partial charge in [-0.25, -0.2) is 9.78 Å². The summed E-state index contributed by atoms with van der Waals surface area (Å²) in [6.07, 6.45) is 2.09. The number of aromatic nitrogens is 2. The SMILES string of the molecule is CCc1nc2c(c(=O)[nH]1)NC([C@H]1CCCN1C(=O)Oc1ccccc1)S2. The Morgan fingerprint density at radius 3 is 2.96 bits per heavy atom. The normalized spacial score (nSPS) is 21.3. The van der Waals surface area contributed by atoms with Crippen LogP contribution in [0.4, 0.5) is 10.5 Å². The lowest BCUT2D eigenvalue weighted by Gasteiger charge is -2.28. The van der Waals surface area contributed by atoms with Gasteiger partial charge in [0.1, 0.15) is 22.3 Å². The molecule has 136 valence electrons. The molecule has 26 heavy (non-hydrogen) atoms. The van der Waals surface area contributed by atoms with Gasteiger partial charge in [0.15, 0.2) is 0 Å². The molecule has 1 saturated heterocycles. The molecule has 8 heteroatoms. The third kappa shape index (κ3) is 3.16. The minimum atomic E-state index is -0.354. The van der Waals surface area contributed by atoms with E-state index in [-0.39, 0.29) is 23.1 Å². The van der Waals surface area contributed by atoms with Gasteiger partial charge in [-0.2, -0.15) is 0 Å². The summed E-state index contributed by atoms with van der Waals surface area (Å²) in [5, 5.41) is 3.86. The molecule has 2 aromatic rings. The maximum absolute atomic E-state index is 12.6. The van der Waals surface area contributed by atoms with Crippen LogP contribution in [-0.2, 0) is 6.42 Å². The first-order chi connectivity index (χ1) is 12.7. The largest absolute Gasteiger partial charge is 0.415 e. The zero-order valence-corrected chi connectivity index (χ0v) is 15.2. The van der Waals surface area contributed by atoms with E-state index in [9.17, 15) is 9.59 Å². The van der Waals surface area contributed by atoms with Crippen LogP contribution in [-0.4, -0.2) is 38.9 Å². The van der Waals surface area contributed by atoms with E-state index < -0.39 is 0 Å². The lowest BCUT2D eigenvalue weighted by molar-refractivity contribution is 0.147. The number of thioether (sulfide) groups is 1. The zero-order valence-electron chi connectivity index (χ0n) is 14.4. The van der Waals surface area contributed by atoms with E-state index in [0.717, 1.165) is 12.8 Å². The minimum absolute atomic E-state index is 0.0464. The summed E-state index contributed by atoms with van der Waals surface area (Å²) in [7, 11) is 0. The standard InChI is InChI=1S/C18H20N4O3S/c1-2-13-19-15(23)14-17(20-13)26-16(21-14)12-9-6-10-22(12)18(24)25-11-7-4-3-5-8-11/h3-5,7-8,12,16,21H,2,6,9-10H2,1H3,(H,19,20,23)/t12-,16?/m1/s1. The highest BCUT2D eigenvalue weighted by molar-refractivity contribution is 8.00. The summed E-state index contributed by atoms with van der Waals surface area (Å²) in [5.74, 6) is 1.21. The van der Waals surface area contributed by atoms with Crippen LogP contribution in [0.1, 0.15) is 25.6 Å². The molecule has 4 rings (SSSR count). The number of nitrogens with one attached hydrogen (secondary N) is 2. The average Bonchev–Trinajstić information content (AvgIpc) is 3.29. The number of H-pyrrole nitrogens is 1. The van der Waals surface area contributed by atoms with E-state index in [1.54, 1.807) is 17.0 Å². The fourth-order valence-electron chi connectivity index (χ4n) is 3.33. The number of rotatable bonds is 3. The van der Waals surface area contributed by atoms with Crippen molar-refractivity contribution in [2.75, 3.05) is 11.9 Å². The number of carbonyl (C=O) groups is 1. The molecule has 1 unspecified atom stereocenters. The Morgan fingerprint density at radius 1 is 1.38 bits per heavy atom. The lowest BCUT2D eigenvalue weighted by Crippen LogP contribution is -2.45. The molecule has 1 aromatic carbocycles. The van der Waals surface area contributed by atoms with Crippen LogP contribution >= 0.6 is 11.8 Å². The van der Waals surface area contributed by atoms with E-state index in [2.05, 4.69) is 15.3 Å². The highest BCUT2D eigenvalue weighted by Crippen LogP contribution is 2.40. The molecule has 0 radical (unpaired) electrons. The Morgan fingerprint density at radius 2 is 2.19 bits per heavy atom. The fourth-order valence-corrected chi connectivity index (χ4v) is 4.62. The number of ether oxygens (including phenoxy) is 1. The Hall–Kier alpha value is -2.48. The summed E-state index contributed by atoms with van der Waals surface area (Å²) in [4.78, 5) is 33.9. The van der Waals surface area contributed by atoms with Crippen molar-refractivity contribution < 1.29 is 9.53 Å². The van der Waals surface area contributed by atoms with E-state index in [4.69, 9.17) is 4.74 Å². The minimum Gasteiger partial charge on any atom is -0.410 e. The molecule has 2 N–H and O–H groups in total. The number of hydrogen-bond acceptors (Lipinski definition) is 6. The maximum Gasteiger partial charge on any atom is 0.415 e. The molecule has 2 aliphatic heterocycles. The summed E-state index contributed by atoms with van der Waals surface area (Å²) >= 11 is 1.51. The number of nitrogens with zero attached hydrogens (tertiary/aromatic N) is 2. The zero-order chi connectivity index (χ0) is 18.1. The molecular weight excluding hydrogens is 352 g/mol. The van der Waals surface area contributed by atoms with Gasteiger partial charge in [0.05, 0.1) is 11.4 Å². The van der Waals surface area contributed by atoms with Gasteiger partial charge in [-0.3, -0.25) is 4.79 Å². The Labute approximate surface area is 155 Å². The van der Waals surface area contributed by atoms with Gasteiger partial charge in [-0.15, -0.1) is 0 Å². The monoisotopic (exact) mass is 372 g/mol. The Kier molecular flexibility index (Phi) is 4.58. The highest BCUT2D eigenvalue weighted by atomic mass is 32.2. The smallest absolute Gasteiger partial charge is 0.410 e. The van der Waals surface area contributed by atoms with Crippen molar-refractivity contribution in [1.29, 1.82) is 0 Å². The van der Waals surface area contributed by atoms with Gasteiger partial charge >= 0.3 is 6.09 Å². The Bertz CT molecular complexity index is 870. The third-order valence-corrected chi connectivity index (χ3v) is 5.83. The lowest BCUT2D eigenvalue weighted by atomic mass is 10.2. The van der Waals surface area contributed by atoms with Crippen molar-refractivity contribution in [2.24, 2.45) is 0 Å². The topological polar surface area (TPSA) is 87.3 Å². The van der Waals surface area contributed by atoms with E-state index in [1.165, 1.54) is 11.8 Å². The molecular formula is C18H20N4O3S. The number of hydrogen-bond donors (Lipinski definition) is 2. The summed E-state index contributed by atoms with van der Waals surface area (Å²) in [5.41, 5.74) is 0.346. The second-order valence-corrected chi connectivity index (χ2v) is 7.44. The number of benzene rings is 1. The molecule has 1 aromatic heterocycles. The number of para-hydroxylation sites is 1. The maximum atomic E-state index is 12.6. The molecule has 0 spiro atoms. The van der Waals surface area contributed by atoms with Crippen LogP contribution in [0.15, 0.2) is 40.2 Å². The van der Waals surface area contributed by atoms with E-state index in [0.29, 0.717) is 35.3 Å². The molecule has 1 amide bonds.